The van der Waals surface area contributed by atoms with Crippen LogP contribution in [-0.2, 0) is 15.0 Å². The van der Waals surface area contributed by atoms with E-state index in [0.717, 1.165) is 24.1 Å². The highest BCUT2D eigenvalue weighted by molar-refractivity contribution is 6.09. The van der Waals surface area contributed by atoms with Crippen LogP contribution < -0.4 is 4.90 Å². The number of hydrogen-bond acceptors (Lipinski definition) is 2. The average Bonchev–Trinajstić information content (AvgIpc) is 2.82. The van der Waals surface area contributed by atoms with Gasteiger partial charge in [-0.3, -0.25) is 9.59 Å². The number of anilines is 1. The van der Waals surface area contributed by atoms with Crippen LogP contribution in [0, 0.1) is 0 Å². The summed E-state index contributed by atoms with van der Waals surface area (Å²) in [6.07, 6.45) is 12.2. The minimum Gasteiger partial charge on any atom is -0.314 e. The van der Waals surface area contributed by atoms with Crippen LogP contribution in [0.2, 0.25) is 0 Å². The third kappa shape index (κ3) is 4.96. The lowest BCUT2D eigenvalue weighted by Crippen LogP contribution is -2.37. The van der Waals surface area contributed by atoms with Crippen LogP contribution in [-0.4, -0.2) is 18.7 Å². The Kier molecular flexibility index (Phi) is 7.86. The topological polar surface area (TPSA) is 37.4 Å². The number of fused-ring (bicyclic) bond motifs is 1. The van der Waals surface area contributed by atoms with Gasteiger partial charge < -0.3 is 4.90 Å². The van der Waals surface area contributed by atoms with Crippen LogP contribution in [0.15, 0.2) is 24.3 Å². The highest BCUT2D eigenvalue weighted by atomic mass is 16.2. The van der Waals surface area contributed by atoms with Crippen molar-refractivity contribution in [3.05, 3.63) is 29.8 Å². The van der Waals surface area contributed by atoms with Crippen LogP contribution >= 0.6 is 0 Å². The van der Waals surface area contributed by atoms with Gasteiger partial charge in [0.1, 0.15) is 5.78 Å². The van der Waals surface area contributed by atoms with Crippen molar-refractivity contribution >= 4 is 17.4 Å². The van der Waals surface area contributed by atoms with Gasteiger partial charge in [0.05, 0.1) is 5.41 Å². The van der Waals surface area contributed by atoms with E-state index in [2.05, 4.69) is 6.92 Å². The van der Waals surface area contributed by atoms with Crippen molar-refractivity contribution in [1.82, 2.24) is 0 Å². The van der Waals surface area contributed by atoms with Gasteiger partial charge in [-0.1, -0.05) is 76.5 Å². The Morgan fingerprint density at radius 2 is 1.54 bits per heavy atom. The number of unbranched alkanes of at least 4 members (excludes halogenated alkanes) is 8. The summed E-state index contributed by atoms with van der Waals surface area (Å²) in [5, 5.41) is 0. The molecule has 3 heteroatoms. The van der Waals surface area contributed by atoms with Crippen molar-refractivity contribution < 1.29 is 9.59 Å². The van der Waals surface area contributed by atoms with Gasteiger partial charge in [-0.25, -0.2) is 0 Å². The molecule has 0 aromatic heterocycles. The van der Waals surface area contributed by atoms with E-state index in [4.69, 9.17) is 0 Å². The predicted octanol–water partition coefficient (Wildman–Crippen LogP) is 5.80. The van der Waals surface area contributed by atoms with Crippen molar-refractivity contribution in [3.8, 4) is 0 Å². The Morgan fingerprint density at radius 1 is 0.962 bits per heavy atom. The number of benzene rings is 1. The number of para-hydroxylation sites is 1. The fourth-order valence-corrected chi connectivity index (χ4v) is 4.11. The molecule has 2 rings (SSSR count). The van der Waals surface area contributed by atoms with Crippen molar-refractivity contribution in [2.45, 2.75) is 89.9 Å². The number of carbonyl (C=O) groups is 2. The van der Waals surface area contributed by atoms with Gasteiger partial charge in [0.15, 0.2) is 0 Å². The van der Waals surface area contributed by atoms with E-state index in [9.17, 15) is 9.59 Å². The molecule has 1 atom stereocenters. The smallest absolute Gasteiger partial charge is 0.237 e. The van der Waals surface area contributed by atoms with Crippen molar-refractivity contribution in [2.24, 2.45) is 0 Å². The zero-order valence-corrected chi connectivity index (χ0v) is 16.9. The van der Waals surface area contributed by atoms with Crippen LogP contribution in [0.1, 0.15) is 90.0 Å². The zero-order chi connectivity index (χ0) is 19.0. The minimum atomic E-state index is -0.693. The average molecular weight is 358 g/mol. The number of ketones is 1. The van der Waals surface area contributed by atoms with E-state index in [1.165, 1.54) is 44.9 Å². The van der Waals surface area contributed by atoms with Crippen molar-refractivity contribution in [1.29, 1.82) is 0 Å². The van der Waals surface area contributed by atoms with Gasteiger partial charge in [0.25, 0.3) is 0 Å². The van der Waals surface area contributed by atoms with Crippen LogP contribution in [0.25, 0.3) is 0 Å². The molecule has 0 radical (unpaired) electrons. The Bertz CT molecular complexity index is 610. The van der Waals surface area contributed by atoms with E-state index < -0.39 is 5.41 Å². The number of likely N-dealkylation sites (N-methyl/N-ethyl adjacent to an activating group) is 1. The van der Waals surface area contributed by atoms with Gasteiger partial charge in [0.2, 0.25) is 5.91 Å². The van der Waals surface area contributed by atoms with Gasteiger partial charge in [-0.15, -0.1) is 0 Å². The molecule has 3 nitrogen and oxygen atoms in total. The zero-order valence-electron chi connectivity index (χ0n) is 16.9. The third-order valence-corrected chi connectivity index (χ3v) is 5.75. The Hall–Kier alpha value is -1.64. The van der Waals surface area contributed by atoms with Gasteiger partial charge in [0, 0.05) is 25.6 Å². The van der Waals surface area contributed by atoms with E-state index in [-0.39, 0.29) is 11.7 Å². The minimum absolute atomic E-state index is 0.0409. The van der Waals surface area contributed by atoms with E-state index in [1.807, 2.05) is 31.2 Å². The molecule has 1 aromatic carbocycles. The Balaban J connectivity index is 1.72. The largest absolute Gasteiger partial charge is 0.314 e. The maximum atomic E-state index is 12.7. The van der Waals surface area contributed by atoms with E-state index in [1.54, 1.807) is 11.9 Å². The van der Waals surface area contributed by atoms with Gasteiger partial charge in [-0.2, -0.15) is 0 Å². The van der Waals surface area contributed by atoms with Crippen LogP contribution in [0.3, 0.4) is 0 Å². The summed E-state index contributed by atoms with van der Waals surface area (Å²) < 4.78 is 0. The van der Waals surface area contributed by atoms with Crippen molar-refractivity contribution in [2.75, 3.05) is 11.9 Å². The molecule has 0 saturated carbocycles. The summed E-state index contributed by atoms with van der Waals surface area (Å²) in [7, 11) is 1.80. The van der Waals surface area contributed by atoms with Gasteiger partial charge in [-0.05, 0) is 25.0 Å². The molecule has 26 heavy (non-hydrogen) atoms. The molecule has 1 aromatic rings. The molecular weight excluding hydrogens is 322 g/mol. The molecule has 0 N–H and O–H groups in total. The molecule has 0 saturated heterocycles. The van der Waals surface area contributed by atoms with E-state index >= 15 is 0 Å². The maximum absolute atomic E-state index is 12.7. The molecule has 1 aliphatic heterocycles. The number of hydrogen-bond donors (Lipinski definition) is 0. The maximum Gasteiger partial charge on any atom is 0.237 e. The highest BCUT2D eigenvalue weighted by Crippen LogP contribution is 2.43. The van der Waals surface area contributed by atoms with Gasteiger partial charge >= 0.3 is 0 Å². The molecule has 0 fully saturated rings. The fraction of sp³-hybridized carbons (Fsp3) is 0.652. The molecule has 1 amide bonds. The summed E-state index contributed by atoms with van der Waals surface area (Å²) in [6.45, 7) is 4.17. The second-order valence-corrected chi connectivity index (χ2v) is 8.01. The lowest BCUT2D eigenvalue weighted by atomic mass is 9.78. The first-order valence-corrected chi connectivity index (χ1v) is 10.4. The molecule has 0 spiro atoms. The lowest BCUT2D eigenvalue weighted by molar-refractivity contribution is -0.128. The number of Topliss-reactive ketones (excluding diaryl/α,β-unsaturated/α-hetero) is 1. The predicted molar refractivity (Wildman–Crippen MR) is 109 cm³/mol. The first-order chi connectivity index (χ1) is 12.5. The highest BCUT2D eigenvalue weighted by Gasteiger charge is 2.46. The fourth-order valence-electron chi connectivity index (χ4n) is 4.11. The number of nitrogens with zero attached hydrogens (tertiary/aromatic N) is 1. The number of amides is 1. The second kappa shape index (κ2) is 9.89. The van der Waals surface area contributed by atoms with Crippen LogP contribution in [0.5, 0.6) is 0 Å². The molecule has 1 aliphatic rings. The molecule has 0 aliphatic carbocycles. The first-order valence-electron chi connectivity index (χ1n) is 10.4. The van der Waals surface area contributed by atoms with Crippen LogP contribution in [0.4, 0.5) is 5.69 Å². The SMILES string of the molecule is CCCCCCCCCCCC(=O)CC1(C)C(=O)N(C)c2ccccc21. The molecule has 144 valence electrons. The first kappa shape index (κ1) is 20.7. The summed E-state index contributed by atoms with van der Waals surface area (Å²) in [5.41, 5.74) is 1.24. The second-order valence-electron chi connectivity index (χ2n) is 8.01. The number of carbonyl (C=O) groups excluding carboxylic acids is 2. The normalized spacial score (nSPS) is 19.0. The summed E-state index contributed by atoms with van der Waals surface area (Å²) in [6, 6.07) is 7.85. The lowest BCUT2D eigenvalue weighted by Gasteiger charge is -2.22. The number of rotatable bonds is 12. The molecule has 1 heterocycles. The van der Waals surface area contributed by atoms with Crippen molar-refractivity contribution in [3.63, 3.8) is 0 Å². The monoisotopic (exact) mass is 357 g/mol. The summed E-state index contributed by atoms with van der Waals surface area (Å²) >= 11 is 0. The quantitative estimate of drug-likeness (QED) is 0.443. The molecular formula is C23H35NO2. The Morgan fingerprint density at radius 3 is 2.19 bits per heavy atom. The summed E-state index contributed by atoms with van der Waals surface area (Å²) in [5.74, 6) is 0.257. The van der Waals surface area contributed by atoms with E-state index in [0.29, 0.717) is 12.8 Å². The third-order valence-electron chi connectivity index (χ3n) is 5.75. The molecule has 1 unspecified atom stereocenters. The standard InChI is InChI=1S/C23H35NO2/c1-4-5-6-7-8-9-10-11-12-15-19(25)18-23(2)20-16-13-14-17-21(20)24(3)22(23)26/h13-14,16-17H,4-12,15,18H2,1-3H3. The molecule has 0 bridgehead atoms. The Labute approximate surface area is 159 Å². The summed E-state index contributed by atoms with van der Waals surface area (Å²) in [4.78, 5) is 26.9.